The summed E-state index contributed by atoms with van der Waals surface area (Å²) in [5.41, 5.74) is 2.40. The molecule has 0 aliphatic carbocycles. The van der Waals surface area contributed by atoms with E-state index in [2.05, 4.69) is 19.2 Å². The lowest BCUT2D eigenvalue weighted by Crippen LogP contribution is -2.59. The maximum Gasteiger partial charge on any atom is 0.122 e. The second kappa shape index (κ2) is 3.94. The predicted octanol–water partition coefficient (Wildman–Crippen LogP) is 3.12. The summed E-state index contributed by atoms with van der Waals surface area (Å²) < 4.78 is 5.44. The van der Waals surface area contributed by atoms with Crippen LogP contribution in [0.3, 0.4) is 0 Å². The van der Waals surface area contributed by atoms with E-state index in [0.717, 1.165) is 22.9 Å². The highest BCUT2D eigenvalue weighted by Gasteiger charge is 2.40. The number of nitrogens with one attached hydrogen (secondary N) is 1. The molecule has 1 saturated heterocycles. The van der Waals surface area contributed by atoms with E-state index in [1.807, 2.05) is 19.1 Å². The molecule has 1 aromatic carbocycles. The molecule has 0 spiro atoms. The van der Waals surface area contributed by atoms with Crippen molar-refractivity contribution in [3.8, 4) is 5.75 Å². The van der Waals surface area contributed by atoms with Crippen molar-refractivity contribution in [1.82, 2.24) is 5.32 Å². The van der Waals surface area contributed by atoms with Crippen molar-refractivity contribution in [2.75, 3.05) is 13.7 Å². The predicted molar refractivity (Wildman–Crippen MR) is 67.6 cm³/mol. The van der Waals surface area contributed by atoms with Gasteiger partial charge in [0.15, 0.2) is 0 Å². The second-order valence-electron chi connectivity index (χ2n) is 5.00. The van der Waals surface area contributed by atoms with Crippen molar-refractivity contribution in [2.24, 2.45) is 0 Å². The smallest absolute Gasteiger partial charge is 0.122 e. The Morgan fingerprint density at radius 1 is 1.44 bits per heavy atom. The van der Waals surface area contributed by atoms with E-state index in [1.165, 1.54) is 5.56 Å². The van der Waals surface area contributed by atoms with Gasteiger partial charge in [-0.25, -0.2) is 0 Å². The molecule has 1 aliphatic heterocycles. The monoisotopic (exact) mass is 239 g/mol. The van der Waals surface area contributed by atoms with Gasteiger partial charge in [0, 0.05) is 28.6 Å². The fourth-order valence-corrected chi connectivity index (χ4v) is 2.40. The van der Waals surface area contributed by atoms with E-state index >= 15 is 0 Å². The Morgan fingerprint density at radius 3 is 2.56 bits per heavy atom. The van der Waals surface area contributed by atoms with Gasteiger partial charge in [0.1, 0.15) is 5.75 Å². The fraction of sp³-hybridized carbons (Fsp3) is 0.538. The van der Waals surface area contributed by atoms with E-state index in [-0.39, 0.29) is 5.54 Å². The molecule has 0 amide bonds. The van der Waals surface area contributed by atoms with E-state index in [0.29, 0.717) is 5.92 Å². The first-order valence-electron chi connectivity index (χ1n) is 5.55. The molecule has 2 nitrogen and oxygen atoms in total. The zero-order valence-corrected chi connectivity index (χ0v) is 11.0. The van der Waals surface area contributed by atoms with Crippen LogP contribution in [0.15, 0.2) is 12.1 Å². The largest absolute Gasteiger partial charge is 0.496 e. The van der Waals surface area contributed by atoms with Crippen molar-refractivity contribution < 1.29 is 4.74 Å². The molecule has 3 heteroatoms. The molecule has 16 heavy (non-hydrogen) atoms. The van der Waals surface area contributed by atoms with Gasteiger partial charge in [-0.15, -0.1) is 0 Å². The van der Waals surface area contributed by atoms with Gasteiger partial charge in [0.05, 0.1) is 7.11 Å². The summed E-state index contributed by atoms with van der Waals surface area (Å²) >= 11 is 6.19. The van der Waals surface area contributed by atoms with Crippen molar-refractivity contribution in [2.45, 2.75) is 32.2 Å². The van der Waals surface area contributed by atoms with E-state index in [4.69, 9.17) is 16.3 Å². The van der Waals surface area contributed by atoms with Crippen molar-refractivity contribution in [3.63, 3.8) is 0 Å². The molecular formula is C13H18ClNO. The normalized spacial score (nSPS) is 22.7. The third-order valence-corrected chi connectivity index (χ3v) is 3.93. The summed E-state index contributed by atoms with van der Waals surface area (Å²) in [5.74, 6) is 1.42. The summed E-state index contributed by atoms with van der Waals surface area (Å²) in [5, 5.41) is 4.24. The van der Waals surface area contributed by atoms with E-state index in [1.54, 1.807) is 7.11 Å². The summed E-state index contributed by atoms with van der Waals surface area (Å²) in [6.07, 6.45) is 0. The molecule has 0 saturated carbocycles. The lowest BCUT2D eigenvalue weighted by Gasteiger charge is -2.46. The Labute approximate surface area is 102 Å². The number of halogens is 1. The van der Waals surface area contributed by atoms with Crippen LogP contribution in [-0.2, 0) is 0 Å². The van der Waals surface area contributed by atoms with Gasteiger partial charge in [-0.05, 0) is 38.5 Å². The van der Waals surface area contributed by atoms with Gasteiger partial charge in [0.2, 0.25) is 0 Å². The molecule has 2 rings (SSSR count). The van der Waals surface area contributed by atoms with Gasteiger partial charge in [0.25, 0.3) is 0 Å². The van der Waals surface area contributed by atoms with Crippen LogP contribution in [0.5, 0.6) is 5.75 Å². The van der Waals surface area contributed by atoms with Gasteiger partial charge >= 0.3 is 0 Å². The summed E-state index contributed by atoms with van der Waals surface area (Å²) in [6, 6.07) is 4.06. The van der Waals surface area contributed by atoms with Gasteiger partial charge in [-0.1, -0.05) is 11.6 Å². The van der Waals surface area contributed by atoms with Crippen LogP contribution in [0.2, 0.25) is 5.02 Å². The Morgan fingerprint density at radius 2 is 2.12 bits per heavy atom. The molecule has 1 aromatic rings. The molecular weight excluding hydrogens is 222 g/mol. The maximum atomic E-state index is 6.19. The molecule has 88 valence electrons. The quantitative estimate of drug-likeness (QED) is 0.856. The lowest BCUT2D eigenvalue weighted by molar-refractivity contribution is 0.204. The SMILES string of the molecule is COc1cc(C)c(Cl)cc1C1CNC1(C)C. The van der Waals surface area contributed by atoms with E-state index < -0.39 is 0 Å². The van der Waals surface area contributed by atoms with Crippen LogP contribution in [0.25, 0.3) is 0 Å². The molecule has 1 heterocycles. The van der Waals surface area contributed by atoms with Gasteiger partial charge in [-0.3, -0.25) is 0 Å². The standard InChI is InChI=1S/C13H18ClNO/c1-8-5-12(16-4)9(6-11(8)14)10-7-15-13(10,2)3/h5-6,10,15H,7H2,1-4H3. The Bertz CT molecular complexity index is 415. The first-order valence-corrected chi connectivity index (χ1v) is 5.92. The highest BCUT2D eigenvalue weighted by atomic mass is 35.5. The highest BCUT2D eigenvalue weighted by molar-refractivity contribution is 6.31. The molecule has 0 aromatic heterocycles. The number of ether oxygens (including phenoxy) is 1. The molecule has 0 radical (unpaired) electrons. The molecule has 0 bridgehead atoms. The van der Waals surface area contributed by atoms with Gasteiger partial charge in [-0.2, -0.15) is 0 Å². The van der Waals surface area contributed by atoms with Crippen LogP contribution in [0.1, 0.15) is 30.9 Å². The van der Waals surface area contributed by atoms with E-state index in [9.17, 15) is 0 Å². The third kappa shape index (κ3) is 1.80. The fourth-order valence-electron chi connectivity index (χ4n) is 2.23. The summed E-state index contributed by atoms with van der Waals surface area (Å²) in [4.78, 5) is 0. The average Bonchev–Trinajstić information content (AvgIpc) is 2.21. The van der Waals surface area contributed by atoms with Crippen LogP contribution >= 0.6 is 11.6 Å². The summed E-state index contributed by atoms with van der Waals surface area (Å²) in [6.45, 7) is 7.39. The number of rotatable bonds is 2. The number of hydrogen-bond donors (Lipinski definition) is 1. The minimum absolute atomic E-state index is 0.131. The second-order valence-corrected chi connectivity index (χ2v) is 5.41. The summed E-state index contributed by atoms with van der Waals surface area (Å²) in [7, 11) is 1.71. The van der Waals surface area contributed by atoms with Crippen molar-refractivity contribution >= 4 is 11.6 Å². The highest BCUT2D eigenvalue weighted by Crippen LogP contribution is 2.41. The van der Waals surface area contributed by atoms with Crippen molar-refractivity contribution in [1.29, 1.82) is 0 Å². The van der Waals surface area contributed by atoms with Crippen LogP contribution in [-0.4, -0.2) is 19.2 Å². The Hall–Kier alpha value is -0.730. The number of benzene rings is 1. The maximum absolute atomic E-state index is 6.19. The van der Waals surface area contributed by atoms with Crippen LogP contribution in [0, 0.1) is 6.92 Å². The van der Waals surface area contributed by atoms with Gasteiger partial charge < -0.3 is 10.1 Å². The zero-order chi connectivity index (χ0) is 11.9. The zero-order valence-electron chi connectivity index (χ0n) is 10.2. The molecule has 1 fully saturated rings. The first-order chi connectivity index (χ1) is 7.45. The molecule has 1 unspecified atom stereocenters. The Kier molecular flexibility index (Phi) is 2.89. The number of hydrogen-bond acceptors (Lipinski definition) is 2. The number of methoxy groups -OCH3 is 1. The van der Waals surface area contributed by atoms with Crippen LogP contribution < -0.4 is 10.1 Å². The minimum Gasteiger partial charge on any atom is -0.496 e. The van der Waals surface area contributed by atoms with Crippen LogP contribution in [0.4, 0.5) is 0 Å². The molecule has 1 atom stereocenters. The third-order valence-electron chi connectivity index (χ3n) is 3.52. The molecule has 1 N–H and O–H groups in total. The molecule has 1 aliphatic rings. The van der Waals surface area contributed by atoms with Crippen molar-refractivity contribution in [3.05, 3.63) is 28.3 Å². The lowest BCUT2D eigenvalue weighted by atomic mass is 9.75. The topological polar surface area (TPSA) is 21.3 Å². The Balaban J connectivity index is 2.44. The average molecular weight is 240 g/mol. The minimum atomic E-state index is 0.131. The first kappa shape index (κ1) is 11.7. The number of aryl methyl sites for hydroxylation is 1.